The Kier molecular flexibility index (Phi) is 8.31. The van der Waals surface area contributed by atoms with E-state index in [2.05, 4.69) is 5.32 Å². The fourth-order valence-corrected chi connectivity index (χ4v) is 5.38. The maximum atomic E-state index is 13.9. The van der Waals surface area contributed by atoms with Gasteiger partial charge in [-0.05, 0) is 57.2 Å². The molecule has 2 aliphatic rings. The highest BCUT2D eigenvalue weighted by molar-refractivity contribution is 6.03. The van der Waals surface area contributed by atoms with Crippen LogP contribution in [0.1, 0.15) is 75.4 Å². The van der Waals surface area contributed by atoms with Crippen LogP contribution < -0.4 is 10.2 Å². The molecule has 2 aliphatic heterocycles. The van der Waals surface area contributed by atoms with Crippen LogP contribution in [0.5, 0.6) is 0 Å². The third kappa shape index (κ3) is 5.65. The average molecular weight is 501 g/mol. The van der Waals surface area contributed by atoms with E-state index >= 15 is 0 Å². The molecular formula is C27H40N4O5. The molecule has 0 radical (unpaired) electrons. The lowest BCUT2D eigenvalue weighted by Crippen LogP contribution is -2.54. The predicted molar refractivity (Wildman–Crippen MR) is 138 cm³/mol. The summed E-state index contributed by atoms with van der Waals surface area (Å²) < 4.78 is 0. The number of carboxylic acid groups (broad SMARTS) is 1. The molecule has 0 saturated carbocycles. The first-order chi connectivity index (χ1) is 16.9. The number of piperidine rings is 1. The van der Waals surface area contributed by atoms with E-state index in [1.807, 2.05) is 46.8 Å². The molecule has 0 aliphatic carbocycles. The predicted octanol–water partition coefficient (Wildman–Crippen LogP) is 3.43. The number of benzene rings is 1. The minimum Gasteiger partial charge on any atom is -0.465 e. The van der Waals surface area contributed by atoms with E-state index in [0.29, 0.717) is 56.7 Å². The number of fused-ring (bicyclic) bond motifs is 1. The second-order valence-corrected chi connectivity index (χ2v) is 10.8. The lowest BCUT2D eigenvalue weighted by Gasteiger charge is -2.42. The lowest BCUT2D eigenvalue weighted by molar-refractivity contribution is -0.127. The van der Waals surface area contributed by atoms with Gasteiger partial charge in [0.1, 0.15) is 0 Å². The Labute approximate surface area is 213 Å². The summed E-state index contributed by atoms with van der Waals surface area (Å²) in [7, 11) is 0. The summed E-state index contributed by atoms with van der Waals surface area (Å²) in [5.41, 5.74) is 2.47. The highest BCUT2D eigenvalue weighted by Gasteiger charge is 2.40. The Morgan fingerprint density at radius 2 is 1.94 bits per heavy atom. The lowest BCUT2D eigenvalue weighted by atomic mass is 9.79. The number of aryl methyl sites for hydroxylation is 1. The van der Waals surface area contributed by atoms with Crippen molar-refractivity contribution in [2.75, 3.05) is 31.1 Å². The molecule has 0 aromatic heterocycles. The van der Waals surface area contributed by atoms with Crippen molar-refractivity contribution in [3.8, 4) is 0 Å². The number of carbonyl (C=O) groups excluding carboxylic acids is 3. The Morgan fingerprint density at radius 1 is 1.25 bits per heavy atom. The zero-order chi connectivity index (χ0) is 26.8. The van der Waals surface area contributed by atoms with Gasteiger partial charge < -0.3 is 25.1 Å². The summed E-state index contributed by atoms with van der Waals surface area (Å²) in [6.45, 7) is 12.8. The number of hydrogen-bond donors (Lipinski definition) is 2. The van der Waals surface area contributed by atoms with E-state index in [1.54, 1.807) is 16.7 Å². The molecule has 2 heterocycles. The van der Waals surface area contributed by atoms with Crippen molar-refractivity contribution in [3.05, 3.63) is 28.8 Å². The van der Waals surface area contributed by atoms with E-state index in [9.17, 15) is 24.3 Å². The van der Waals surface area contributed by atoms with Crippen LogP contribution in [0.3, 0.4) is 0 Å². The Balaban J connectivity index is 1.96. The van der Waals surface area contributed by atoms with Crippen LogP contribution in [-0.4, -0.2) is 77.0 Å². The molecule has 0 spiro atoms. The van der Waals surface area contributed by atoms with Crippen molar-refractivity contribution in [2.45, 2.75) is 79.3 Å². The first-order valence-corrected chi connectivity index (χ1v) is 12.9. The Morgan fingerprint density at radius 3 is 2.56 bits per heavy atom. The minimum atomic E-state index is -0.965. The number of likely N-dealkylation sites (tertiary alicyclic amines) is 1. The number of hydrogen-bond acceptors (Lipinski definition) is 4. The van der Waals surface area contributed by atoms with Crippen molar-refractivity contribution < 1.29 is 24.3 Å². The van der Waals surface area contributed by atoms with Crippen LogP contribution in [0.25, 0.3) is 0 Å². The second kappa shape index (κ2) is 10.9. The molecule has 1 aromatic rings. The first kappa shape index (κ1) is 27.5. The second-order valence-electron chi connectivity index (χ2n) is 10.8. The fourth-order valence-electron chi connectivity index (χ4n) is 5.38. The summed E-state index contributed by atoms with van der Waals surface area (Å²) in [6.07, 6.45) is 1.43. The minimum absolute atomic E-state index is 0.0342. The number of carbonyl (C=O) groups is 4. The summed E-state index contributed by atoms with van der Waals surface area (Å²) in [6, 6.07) is 3.48. The van der Waals surface area contributed by atoms with Crippen LogP contribution in [0.15, 0.2) is 12.1 Å². The summed E-state index contributed by atoms with van der Waals surface area (Å²) in [5.74, 6) is -0.263. The number of rotatable bonds is 7. The Hall–Kier alpha value is -3.10. The van der Waals surface area contributed by atoms with Crippen LogP contribution in [0.4, 0.5) is 10.5 Å². The van der Waals surface area contributed by atoms with Crippen LogP contribution in [0.2, 0.25) is 0 Å². The number of amides is 4. The molecule has 1 fully saturated rings. The summed E-state index contributed by atoms with van der Waals surface area (Å²) in [5, 5.41) is 12.3. The molecule has 2 N–H and O–H groups in total. The zero-order valence-electron chi connectivity index (χ0n) is 22.4. The van der Waals surface area contributed by atoms with Crippen molar-refractivity contribution in [1.29, 1.82) is 0 Å². The number of anilines is 1. The molecule has 4 amide bonds. The number of nitrogens with zero attached hydrogens (tertiary/aromatic N) is 3. The molecule has 1 saturated heterocycles. The molecule has 3 rings (SSSR count). The van der Waals surface area contributed by atoms with Gasteiger partial charge in [0.2, 0.25) is 11.8 Å². The van der Waals surface area contributed by atoms with Gasteiger partial charge in [0, 0.05) is 55.3 Å². The SMILES string of the molecule is CCC(=O)NCCN1C(=O)C(C)(C)Cc2cc(C)c(C(=O)N(C(C)C)[C@@H]3CCCN(C(=O)O)C3)cc21. The van der Waals surface area contributed by atoms with E-state index in [0.717, 1.165) is 17.5 Å². The van der Waals surface area contributed by atoms with Crippen LogP contribution >= 0.6 is 0 Å². The van der Waals surface area contributed by atoms with E-state index < -0.39 is 11.5 Å². The van der Waals surface area contributed by atoms with Gasteiger partial charge in [-0.25, -0.2) is 4.79 Å². The monoisotopic (exact) mass is 500 g/mol. The molecule has 36 heavy (non-hydrogen) atoms. The van der Waals surface area contributed by atoms with Crippen molar-refractivity contribution >= 4 is 29.5 Å². The maximum absolute atomic E-state index is 13.9. The van der Waals surface area contributed by atoms with E-state index in [-0.39, 0.29) is 29.8 Å². The average Bonchev–Trinajstić information content (AvgIpc) is 2.80. The molecule has 0 unspecified atom stereocenters. The number of nitrogens with one attached hydrogen (secondary N) is 1. The van der Waals surface area contributed by atoms with E-state index in [4.69, 9.17) is 0 Å². The molecule has 1 atom stereocenters. The topological polar surface area (TPSA) is 110 Å². The van der Waals surface area contributed by atoms with Crippen LogP contribution in [0, 0.1) is 12.3 Å². The van der Waals surface area contributed by atoms with Crippen molar-refractivity contribution in [1.82, 2.24) is 15.1 Å². The summed E-state index contributed by atoms with van der Waals surface area (Å²) >= 11 is 0. The first-order valence-electron chi connectivity index (χ1n) is 12.9. The van der Waals surface area contributed by atoms with Gasteiger partial charge in [0.05, 0.1) is 6.04 Å². The highest BCUT2D eigenvalue weighted by atomic mass is 16.4. The maximum Gasteiger partial charge on any atom is 0.407 e. The molecular weight excluding hydrogens is 460 g/mol. The molecule has 0 bridgehead atoms. The largest absolute Gasteiger partial charge is 0.465 e. The third-order valence-electron chi connectivity index (χ3n) is 7.23. The van der Waals surface area contributed by atoms with E-state index in [1.165, 1.54) is 4.90 Å². The van der Waals surface area contributed by atoms with Gasteiger partial charge in [-0.3, -0.25) is 14.4 Å². The van der Waals surface area contributed by atoms with Gasteiger partial charge in [0.25, 0.3) is 5.91 Å². The van der Waals surface area contributed by atoms with Crippen molar-refractivity contribution in [3.63, 3.8) is 0 Å². The smallest absolute Gasteiger partial charge is 0.407 e. The molecule has 1 aromatic carbocycles. The third-order valence-corrected chi connectivity index (χ3v) is 7.23. The van der Waals surface area contributed by atoms with Gasteiger partial charge in [0.15, 0.2) is 0 Å². The Bertz CT molecular complexity index is 1040. The zero-order valence-corrected chi connectivity index (χ0v) is 22.4. The van der Waals surface area contributed by atoms with Gasteiger partial charge >= 0.3 is 6.09 Å². The van der Waals surface area contributed by atoms with Gasteiger partial charge in [-0.15, -0.1) is 0 Å². The fraction of sp³-hybridized carbons (Fsp3) is 0.630. The normalized spacial score (nSPS) is 19.2. The molecule has 198 valence electrons. The van der Waals surface area contributed by atoms with Crippen molar-refractivity contribution in [2.24, 2.45) is 5.41 Å². The highest BCUT2D eigenvalue weighted by Crippen LogP contribution is 2.39. The molecule has 9 nitrogen and oxygen atoms in total. The van der Waals surface area contributed by atoms with Crippen LogP contribution in [-0.2, 0) is 16.0 Å². The van der Waals surface area contributed by atoms with Gasteiger partial charge in [-0.2, -0.15) is 0 Å². The molecule has 9 heteroatoms. The standard InChI is InChI=1S/C27H40N4O5/c1-7-23(32)28-10-12-30-22-14-21(18(4)13-19(22)15-27(5,6)25(30)34)24(33)31(17(2)3)20-9-8-11-29(16-20)26(35)36/h13-14,17,20H,7-12,15-16H2,1-6H3,(H,28,32)(H,35,36)/t20-/m1/s1. The summed E-state index contributed by atoms with van der Waals surface area (Å²) in [4.78, 5) is 55.5. The van der Waals surface area contributed by atoms with Gasteiger partial charge in [-0.1, -0.05) is 26.8 Å². The quantitative estimate of drug-likeness (QED) is 0.596.